The van der Waals surface area contributed by atoms with Crippen molar-refractivity contribution < 1.29 is 14.6 Å². The highest BCUT2D eigenvalue weighted by molar-refractivity contribution is 5.38. The van der Waals surface area contributed by atoms with Gasteiger partial charge in [-0.1, -0.05) is 11.8 Å². The second-order valence-corrected chi connectivity index (χ2v) is 4.08. The predicted molar refractivity (Wildman–Crippen MR) is 71.8 cm³/mol. The van der Waals surface area contributed by atoms with Crippen LogP contribution in [0.15, 0.2) is 18.2 Å². The summed E-state index contributed by atoms with van der Waals surface area (Å²) in [5, 5.41) is 17.9. The zero-order valence-corrected chi connectivity index (χ0v) is 10.8. The number of aliphatic hydroxyl groups excluding tert-OH is 2. The molecule has 1 aromatic rings. The van der Waals surface area contributed by atoms with E-state index in [1.807, 2.05) is 4.90 Å². The van der Waals surface area contributed by atoms with E-state index in [1.165, 1.54) is 12.1 Å². The van der Waals surface area contributed by atoms with Gasteiger partial charge in [-0.05, 0) is 23.8 Å². The Kier molecular flexibility index (Phi) is 7.08. The molecule has 0 aliphatic rings. The molecule has 0 saturated heterocycles. The highest BCUT2D eigenvalue weighted by Crippen LogP contribution is 2.11. The molecular weight excluding hydrogens is 247 g/mol. The first kappa shape index (κ1) is 15.6. The van der Waals surface area contributed by atoms with Crippen LogP contribution in [0.3, 0.4) is 0 Å². The number of rotatable bonds is 6. The fraction of sp³-hybridized carbons (Fsp3) is 0.429. The summed E-state index contributed by atoms with van der Waals surface area (Å²) in [6.07, 6.45) is 0. The van der Waals surface area contributed by atoms with Crippen molar-refractivity contribution in [3.8, 4) is 11.8 Å². The minimum Gasteiger partial charge on any atom is -0.395 e. The number of nitrogens with zero attached hydrogens (tertiary/aromatic N) is 1. The van der Waals surface area contributed by atoms with Crippen molar-refractivity contribution in [1.29, 1.82) is 0 Å². The molecule has 5 heteroatoms. The van der Waals surface area contributed by atoms with Crippen LogP contribution >= 0.6 is 0 Å². The molecule has 0 atom stereocenters. The summed E-state index contributed by atoms with van der Waals surface area (Å²) in [6, 6.07) is 4.57. The number of nitrogens with two attached hydrogens (primary N) is 1. The summed E-state index contributed by atoms with van der Waals surface area (Å²) >= 11 is 0. The molecular formula is C14H19FN2O2. The quantitative estimate of drug-likeness (QED) is 0.630. The lowest BCUT2D eigenvalue weighted by Crippen LogP contribution is -2.29. The molecule has 0 amide bonds. The van der Waals surface area contributed by atoms with Crippen LogP contribution in [0.1, 0.15) is 11.1 Å². The summed E-state index contributed by atoms with van der Waals surface area (Å²) in [7, 11) is 0. The SMILES string of the molecule is NCC#Cc1cc(F)cc(CN(CCO)CCO)c1. The third kappa shape index (κ3) is 5.81. The predicted octanol–water partition coefficient (Wildman–Crippen LogP) is -0.0775. The molecule has 0 radical (unpaired) electrons. The molecule has 0 heterocycles. The fourth-order valence-corrected chi connectivity index (χ4v) is 1.78. The minimum absolute atomic E-state index is 0.00481. The van der Waals surface area contributed by atoms with Gasteiger partial charge in [0.2, 0.25) is 0 Å². The lowest BCUT2D eigenvalue weighted by atomic mass is 10.1. The first-order chi connectivity index (χ1) is 9.19. The maximum absolute atomic E-state index is 13.5. The monoisotopic (exact) mass is 266 g/mol. The van der Waals surface area contributed by atoms with Crippen molar-refractivity contribution in [2.75, 3.05) is 32.8 Å². The van der Waals surface area contributed by atoms with Gasteiger partial charge in [-0.2, -0.15) is 0 Å². The molecule has 4 N–H and O–H groups in total. The van der Waals surface area contributed by atoms with Gasteiger partial charge < -0.3 is 15.9 Å². The zero-order chi connectivity index (χ0) is 14.1. The van der Waals surface area contributed by atoms with Gasteiger partial charge in [0.15, 0.2) is 0 Å². The van der Waals surface area contributed by atoms with E-state index in [-0.39, 0.29) is 25.6 Å². The van der Waals surface area contributed by atoms with Crippen LogP contribution < -0.4 is 5.73 Å². The van der Waals surface area contributed by atoms with Crippen LogP contribution in [0, 0.1) is 17.7 Å². The molecule has 0 bridgehead atoms. The molecule has 0 saturated carbocycles. The highest BCUT2D eigenvalue weighted by atomic mass is 19.1. The maximum atomic E-state index is 13.5. The molecule has 4 nitrogen and oxygen atoms in total. The zero-order valence-electron chi connectivity index (χ0n) is 10.8. The normalized spacial score (nSPS) is 10.4. The summed E-state index contributed by atoms with van der Waals surface area (Å²) in [6.45, 7) is 1.54. The molecule has 0 aromatic heterocycles. The van der Waals surface area contributed by atoms with E-state index in [0.29, 0.717) is 25.2 Å². The molecule has 104 valence electrons. The smallest absolute Gasteiger partial charge is 0.124 e. The van der Waals surface area contributed by atoms with Gasteiger partial charge in [-0.15, -0.1) is 0 Å². The maximum Gasteiger partial charge on any atom is 0.124 e. The summed E-state index contributed by atoms with van der Waals surface area (Å²) in [4.78, 5) is 1.84. The lowest BCUT2D eigenvalue weighted by molar-refractivity contribution is 0.156. The van der Waals surface area contributed by atoms with Gasteiger partial charge in [-0.3, -0.25) is 4.90 Å². The van der Waals surface area contributed by atoms with Gasteiger partial charge >= 0.3 is 0 Å². The van der Waals surface area contributed by atoms with Crippen LogP contribution in [-0.2, 0) is 6.54 Å². The van der Waals surface area contributed by atoms with Gasteiger partial charge in [0.25, 0.3) is 0 Å². The van der Waals surface area contributed by atoms with E-state index in [9.17, 15) is 4.39 Å². The number of aliphatic hydroxyl groups is 2. The molecule has 19 heavy (non-hydrogen) atoms. The Hall–Kier alpha value is -1.45. The van der Waals surface area contributed by atoms with Gasteiger partial charge in [-0.25, -0.2) is 4.39 Å². The number of hydrogen-bond donors (Lipinski definition) is 3. The van der Waals surface area contributed by atoms with E-state index < -0.39 is 0 Å². The summed E-state index contributed by atoms with van der Waals surface area (Å²) in [5.74, 6) is 5.12. The van der Waals surface area contributed by atoms with Gasteiger partial charge in [0.1, 0.15) is 5.82 Å². The van der Waals surface area contributed by atoms with Gasteiger partial charge in [0, 0.05) is 25.2 Å². The van der Waals surface area contributed by atoms with Crippen LogP contribution in [0.25, 0.3) is 0 Å². The Labute approximate surface area is 112 Å². The molecule has 0 aliphatic carbocycles. The largest absolute Gasteiger partial charge is 0.395 e. The van der Waals surface area contributed by atoms with E-state index in [0.717, 1.165) is 5.56 Å². The average molecular weight is 266 g/mol. The Morgan fingerprint density at radius 3 is 2.42 bits per heavy atom. The van der Waals surface area contributed by atoms with Crippen molar-refractivity contribution in [1.82, 2.24) is 4.90 Å². The Balaban J connectivity index is 2.83. The molecule has 0 spiro atoms. The summed E-state index contributed by atoms with van der Waals surface area (Å²) in [5.41, 5.74) is 6.61. The van der Waals surface area contributed by atoms with E-state index in [4.69, 9.17) is 15.9 Å². The molecule has 1 aromatic carbocycles. The standard InChI is InChI=1S/C14H19FN2O2/c15-14-9-12(2-1-3-16)8-13(10-14)11-17(4-6-18)5-7-19/h8-10,18-19H,3-7,11,16H2. The molecule has 0 fully saturated rings. The van der Waals surface area contributed by atoms with Crippen molar-refractivity contribution in [3.05, 3.63) is 35.1 Å². The Morgan fingerprint density at radius 2 is 1.84 bits per heavy atom. The highest BCUT2D eigenvalue weighted by Gasteiger charge is 2.06. The van der Waals surface area contributed by atoms with E-state index >= 15 is 0 Å². The van der Waals surface area contributed by atoms with E-state index in [2.05, 4.69) is 11.8 Å². The van der Waals surface area contributed by atoms with Gasteiger partial charge in [0.05, 0.1) is 19.8 Å². The van der Waals surface area contributed by atoms with Crippen molar-refractivity contribution in [3.63, 3.8) is 0 Å². The topological polar surface area (TPSA) is 69.7 Å². The summed E-state index contributed by atoms with van der Waals surface area (Å²) < 4.78 is 13.5. The van der Waals surface area contributed by atoms with Crippen molar-refractivity contribution in [2.24, 2.45) is 5.73 Å². The Bertz CT molecular complexity index is 448. The van der Waals surface area contributed by atoms with Crippen LogP contribution in [-0.4, -0.2) is 48.0 Å². The first-order valence-electron chi connectivity index (χ1n) is 6.12. The minimum atomic E-state index is -0.355. The molecule has 1 rings (SSSR count). The second-order valence-electron chi connectivity index (χ2n) is 4.08. The van der Waals surface area contributed by atoms with Crippen LogP contribution in [0.2, 0.25) is 0 Å². The molecule has 0 aliphatic heterocycles. The Morgan fingerprint density at radius 1 is 1.16 bits per heavy atom. The average Bonchev–Trinajstić information content (AvgIpc) is 2.36. The first-order valence-corrected chi connectivity index (χ1v) is 6.12. The third-order valence-electron chi connectivity index (χ3n) is 2.53. The second kappa shape index (κ2) is 8.62. The number of benzene rings is 1. The number of hydrogen-bond acceptors (Lipinski definition) is 4. The third-order valence-corrected chi connectivity index (χ3v) is 2.53. The van der Waals surface area contributed by atoms with Crippen molar-refractivity contribution in [2.45, 2.75) is 6.54 Å². The van der Waals surface area contributed by atoms with Crippen LogP contribution in [0.5, 0.6) is 0 Å². The molecule has 0 unspecified atom stereocenters. The van der Waals surface area contributed by atoms with Crippen LogP contribution in [0.4, 0.5) is 4.39 Å². The van der Waals surface area contributed by atoms with Crippen molar-refractivity contribution >= 4 is 0 Å². The van der Waals surface area contributed by atoms with E-state index in [1.54, 1.807) is 6.07 Å². The fourth-order valence-electron chi connectivity index (χ4n) is 1.78. The number of halogens is 1. The lowest BCUT2D eigenvalue weighted by Gasteiger charge is -2.20.